The first-order valence-corrected chi connectivity index (χ1v) is 7.20. The molecule has 1 heterocycles. The summed E-state index contributed by atoms with van der Waals surface area (Å²) in [6, 6.07) is 8.03. The molecule has 21 heavy (non-hydrogen) atoms. The molecule has 0 spiro atoms. The summed E-state index contributed by atoms with van der Waals surface area (Å²) in [5.41, 5.74) is 1.43. The van der Waals surface area contributed by atoms with E-state index in [1.807, 2.05) is 6.07 Å². The highest BCUT2D eigenvalue weighted by atomic mass is 32.1. The van der Waals surface area contributed by atoms with Gasteiger partial charge in [0.15, 0.2) is 0 Å². The average Bonchev–Trinajstić information content (AvgIpc) is 2.86. The van der Waals surface area contributed by atoms with Gasteiger partial charge in [0, 0.05) is 19.2 Å². The summed E-state index contributed by atoms with van der Waals surface area (Å²) in [6.07, 6.45) is 0.297. The molecule has 1 aromatic carbocycles. The van der Waals surface area contributed by atoms with Crippen LogP contribution in [0.5, 0.6) is 0 Å². The van der Waals surface area contributed by atoms with Gasteiger partial charge in [0.05, 0.1) is 18.2 Å². The molecule has 0 unspecified atom stereocenters. The van der Waals surface area contributed by atoms with Gasteiger partial charge >= 0.3 is 0 Å². The molecule has 0 fully saturated rings. The molecule has 1 aromatic heterocycles. The number of nitriles is 1. The van der Waals surface area contributed by atoms with Gasteiger partial charge in [-0.1, -0.05) is 0 Å². The smallest absolute Gasteiger partial charge is 0.265 e. The number of aryl methyl sites for hydroxylation is 1. The molecule has 0 bridgehead atoms. The minimum Gasteiger partial charge on any atom is -0.340 e. The fourth-order valence-electron chi connectivity index (χ4n) is 1.80. The number of nitrogens with zero attached hydrogens (tertiary/aromatic N) is 3. The Hall–Kier alpha value is -2.26. The minimum atomic E-state index is -0.306. The van der Waals surface area contributed by atoms with Crippen LogP contribution < -0.4 is 0 Å². The zero-order valence-electron chi connectivity index (χ0n) is 11.8. The predicted molar refractivity (Wildman–Crippen MR) is 79.4 cm³/mol. The van der Waals surface area contributed by atoms with E-state index < -0.39 is 0 Å². The number of carbonyl (C=O) groups is 1. The van der Waals surface area contributed by atoms with Gasteiger partial charge in [-0.05, 0) is 31.2 Å². The molecule has 0 radical (unpaired) electrons. The fraction of sp³-hybridized carbons (Fsp3) is 0.267. The largest absolute Gasteiger partial charge is 0.340 e. The standard InChI is InChI=1S/C15H14FN3OS/c1-10-13(15(20)19(2)9-3-8-17)21-14(18-10)11-4-6-12(16)7-5-11/h4-7H,3,9H2,1-2H3. The van der Waals surface area contributed by atoms with Gasteiger partial charge < -0.3 is 4.90 Å². The van der Waals surface area contributed by atoms with Crippen molar-refractivity contribution in [2.45, 2.75) is 13.3 Å². The molecule has 0 saturated heterocycles. The van der Waals surface area contributed by atoms with E-state index >= 15 is 0 Å². The molecule has 0 N–H and O–H groups in total. The van der Waals surface area contributed by atoms with Crippen LogP contribution in [0, 0.1) is 24.1 Å². The Morgan fingerprint density at radius 3 is 2.71 bits per heavy atom. The maximum Gasteiger partial charge on any atom is 0.265 e. The Bertz CT molecular complexity index is 688. The Morgan fingerprint density at radius 2 is 2.10 bits per heavy atom. The van der Waals surface area contributed by atoms with Crippen LogP contribution in [0.25, 0.3) is 10.6 Å². The van der Waals surface area contributed by atoms with Gasteiger partial charge in [-0.25, -0.2) is 9.37 Å². The van der Waals surface area contributed by atoms with E-state index in [-0.39, 0.29) is 11.7 Å². The number of thiazole rings is 1. The van der Waals surface area contributed by atoms with Crippen LogP contribution in [0.2, 0.25) is 0 Å². The summed E-state index contributed by atoms with van der Waals surface area (Å²) >= 11 is 1.28. The van der Waals surface area contributed by atoms with Crippen molar-refractivity contribution >= 4 is 17.2 Å². The van der Waals surface area contributed by atoms with Gasteiger partial charge in [-0.3, -0.25) is 4.79 Å². The van der Waals surface area contributed by atoms with Crippen LogP contribution in [-0.4, -0.2) is 29.4 Å². The lowest BCUT2D eigenvalue weighted by atomic mass is 10.2. The second-order valence-corrected chi connectivity index (χ2v) is 5.57. The maximum atomic E-state index is 12.9. The number of hydrogen-bond acceptors (Lipinski definition) is 4. The second-order valence-electron chi connectivity index (χ2n) is 4.58. The molecule has 2 aromatic rings. The van der Waals surface area contributed by atoms with Crippen LogP contribution in [0.4, 0.5) is 4.39 Å². The first-order valence-electron chi connectivity index (χ1n) is 6.38. The Balaban J connectivity index is 2.25. The number of amides is 1. The van der Waals surface area contributed by atoms with Crippen LogP contribution in [-0.2, 0) is 0 Å². The Kier molecular flexibility index (Phi) is 4.66. The normalized spacial score (nSPS) is 10.2. The Morgan fingerprint density at radius 1 is 1.43 bits per heavy atom. The van der Waals surface area contributed by atoms with Crippen molar-refractivity contribution < 1.29 is 9.18 Å². The van der Waals surface area contributed by atoms with Crippen molar-refractivity contribution in [2.24, 2.45) is 0 Å². The third-order valence-corrected chi connectivity index (χ3v) is 4.18. The molecule has 2 rings (SSSR count). The van der Waals surface area contributed by atoms with Crippen molar-refractivity contribution in [3.63, 3.8) is 0 Å². The third kappa shape index (κ3) is 3.44. The van der Waals surface area contributed by atoms with E-state index in [0.717, 1.165) is 5.56 Å². The van der Waals surface area contributed by atoms with E-state index in [2.05, 4.69) is 4.98 Å². The Labute approximate surface area is 126 Å². The van der Waals surface area contributed by atoms with Crippen LogP contribution >= 0.6 is 11.3 Å². The number of aromatic nitrogens is 1. The summed E-state index contributed by atoms with van der Waals surface area (Å²) in [5.74, 6) is -0.451. The molecule has 1 amide bonds. The van der Waals surface area contributed by atoms with E-state index in [4.69, 9.17) is 5.26 Å². The van der Waals surface area contributed by atoms with Gasteiger partial charge in [0.1, 0.15) is 15.7 Å². The predicted octanol–water partition coefficient (Wildman–Crippen LogP) is 3.24. The average molecular weight is 303 g/mol. The van der Waals surface area contributed by atoms with E-state index in [9.17, 15) is 9.18 Å². The van der Waals surface area contributed by atoms with Crippen LogP contribution in [0.1, 0.15) is 21.8 Å². The zero-order chi connectivity index (χ0) is 15.4. The highest BCUT2D eigenvalue weighted by Gasteiger charge is 2.19. The SMILES string of the molecule is Cc1nc(-c2ccc(F)cc2)sc1C(=O)N(C)CCC#N. The van der Waals surface area contributed by atoms with Gasteiger partial charge in [-0.2, -0.15) is 5.26 Å². The summed E-state index contributed by atoms with van der Waals surface area (Å²) < 4.78 is 12.9. The number of carbonyl (C=O) groups excluding carboxylic acids is 1. The first-order chi connectivity index (χ1) is 10.0. The highest BCUT2D eigenvalue weighted by Crippen LogP contribution is 2.28. The summed E-state index contributed by atoms with van der Waals surface area (Å²) in [7, 11) is 1.66. The lowest BCUT2D eigenvalue weighted by Crippen LogP contribution is -2.27. The molecule has 4 nitrogen and oxygen atoms in total. The van der Waals surface area contributed by atoms with Crippen molar-refractivity contribution in [2.75, 3.05) is 13.6 Å². The van der Waals surface area contributed by atoms with Crippen molar-refractivity contribution in [3.8, 4) is 16.6 Å². The number of rotatable bonds is 4. The highest BCUT2D eigenvalue weighted by molar-refractivity contribution is 7.17. The van der Waals surface area contributed by atoms with Crippen molar-refractivity contribution in [1.29, 1.82) is 5.26 Å². The quantitative estimate of drug-likeness (QED) is 0.871. The van der Waals surface area contributed by atoms with Crippen molar-refractivity contribution in [3.05, 3.63) is 40.7 Å². The molecular weight excluding hydrogens is 289 g/mol. The number of halogens is 1. The van der Waals surface area contributed by atoms with Gasteiger partial charge in [0.25, 0.3) is 5.91 Å². The van der Waals surface area contributed by atoms with E-state index in [0.29, 0.717) is 28.5 Å². The van der Waals surface area contributed by atoms with Gasteiger partial charge in [0.2, 0.25) is 0 Å². The second kappa shape index (κ2) is 6.46. The third-order valence-electron chi connectivity index (χ3n) is 2.99. The van der Waals surface area contributed by atoms with Crippen LogP contribution in [0.15, 0.2) is 24.3 Å². The van der Waals surface area contributed by atoms with E-state index in [1.54, 1.807) is 26.1 Å². The molecule has 6 heteroatoms. The van der Waals surface area contributed by atoms with Crippen molar-refractivity contribution in [1.82, 2.24) is 9.88 Å². The molecule has 0 atom stereocenters. The molecule has 0 aliphatic rings. The molecule has 0 aliphatic carbocycles. The monoisotopic (exact) mass is 303 g/mol. The summed E-state index contributed by atoms with van der Waals surface area (Å²) in [4.78, 5) is 18.7. The van der Waals surface area contributed by atoms with Gasteiger partial charge in [-0.15, -0.1) is 11.3 Å². The van der Waals surface area contributed by atoms with E-state index in [1.165, 1.54) is 28.4 Å². The molecule has 0 aliphatic heterocycles. The topological polar surface area (TPSA) is 57.0 Å². The summed E-state index contributed by atoms with van der Waals surface area (Å²) in [5, 5.41) is 9.25. The first kappa shape index (κ1) is 15.1. The minimum absolute atomic E-state index is 0.145. The van der Waals surface area contributed by atoms with Crippen LogP contribution in [0.3, 0.4) is 0 Å². The lowest BCUT2D eigenvalue weighted by molar-refractivity contribution is 0.0802. The maximum absolute atomic E-state index is 12.9. The number of benzene rings is 1. The molecular formula is C15H14FN3OS. The number of hydrogen-bond donors (Lipinski definition) is 0. The zero-order valence-corrected chi connectivity index (χ0v) is 12.6. The molecule has 108 valence electrons. The lowest BCUT2D eigenvalue weighted by Gasteiger charge is -2.14. The summed E-state index contributed by atoms with van der Waals surface area (Å²) in [6.45, 7) is 2.16. The molecule has 0 saturated carbocycles. The fourth-order valence-corrected chi connectivity index (χ4v) is 2.87.